The van der Waals surface area contributed by atoms with E-state index in [9.17, 15) is 0 Å². The molecule has 0 heterocycles. The summed E-state index contributed by atoms with van der Waals surface area (Å²) >= 11 is 6.01. The van der Waals surface area contributed by atoms with Crippen molar-refractivity contribution in [2.45, 2.75) is 27.3 Å². The van der Waals surface area contributed by atoms with Gasteiger partial charge in [0.1, 0.15) is 0 Å². The van der Waals surface area contributed by atoms with Crippen molar-refractivity contribution in [2.75, 3.05) is 33.7 Å². The van der Waals surface area contributed by atoms with Gasteiger partial charge in [0.25, 0.3) is 0 Å². The van der Waals surface area contributed by atoms with E-state index in [0.29, 0.717) is 6.54 Å². The first kappa shape index (κ1) is 18.8. The molecule has 0 saturated heterocycles. The minimum atomic E-state index is 0.176. The Labute approximate surface area is 140 Å². The normalized spacial score (nSPS) is 12.6. The number of nitrogens with one attached hydrogen (secondary N) is 2. The van der Waals surface area contributed by atoms with Crippen LogP contribution in [0, 0.1) is 5.41 Å². The summed E-state index contributed by atoms with van der Waals surface area (Å²) in [5.74, 6) is 0.842. The number of hydrogen-bond donors (Lipinski definition) is 2. The van der Waals surface area contributed by atoms with Crippen LogP contribution in [0.15, 0.2) is 29.3 Å². The second kappa shape index (κ2) is 9.01. The fraction of sp³-hybridized carbons (Fsp3) is 0.588. The lowest BCUT2D eigenvalue weighted by atomic mass is 9.93. The average Bonchev–Trinajstić information content (AvgIpc) is 2.40. The summed E-state index contributed by atoms with van der Waals surface area (Å²) in [6.07, 6.45) is 0. The van der Waals surface area contributed by atoms with Crippen LogP contribution in [0.25, 0.3) is 0 Å². The van der Waals surface area contributed by atoms with Crippen molar-refractivity contribution < 1.29 is 0 Å². The number of halogens is 1. The molecule has 1 aromatic rings. The monoisotopic (exact) mass is 324 g/mol. The number of benzene rings is 1. The Kier molecular flexibility index (Phi) is 7.69. The first-order valence-corrected chi connectivity index (χ1v) is 8.11. The lowest BCUT2D eigenvalue weighted by Gasteiger charge is -2.29. The maximum atomic E-state index is 6.01. The molecule has 0 spiro atoms. The van der Waals surface area contributed by atoms with Gasteiger partial charge in [0, 0.05) is 24.7 Å². The predicted molar refractivity (Wildman–Crippen MR) is 96.6 cm³/mol. The SMILES string of the molecule is CCNC(=NCc1cccc(Cl)c1)NCC(C)(C)CN(C)C. The van der Waals surface area contributed by atoms with E-state index in [1.165, 1.54) is 0 Å². The lowest BCUT2D eigenvalue weighted by molar-refractivity contribution is 0.241. The van der Waals surface area contributed by atoms with Crippen molar-refractivity contribution >= 4 is 17.6 Å². The van der Waals surface area contributed by atoms with Gasteiger partial charge in [-0.1, -0.05) is 37.6 Å². The molecule has 0 unspecified atom stereocenters. The summed E-state index contributed by atoms with van der Waals surface area (Å²) in [4.78, 5) is 6.84. The number of guanidine groups is 1. The maximum absolute atomic E-state index is 6.01. The molecule has 0 bridgehead atoms. The Balaban J connectivity index is 2.62. The van der Waals surface area contributed by atoms with Crippen LogP contribution in [0.3, 0.4) is 0 Å². The zero-order valence-corrected chi connectivity index (χ0v) is 15.2. The third-order valence-electron chi connectivity index (χ3n) is 3.13. The van der Waals surface area contributed by atoms with Gasteiger partial charge in [-0.3, -0.25) is 0 Å². The topological polar surface area (TPSA) is 39.7 Å². The van der Waals surface area contributed by atoms with E-state index in [2.05, 4.69) is 55.4 Å². The van der Waals surface area contributed by atoms with Crippen LogP contribution < -0.4 is 10.6 Å². The van der Waals surface area contributed by atoms with E-state index in [4.69, 9.17) is 11.6 Å². The van der Waals surface area contributed by atoms with E-state index in [1.807, 2.05) is 24.3 Å². The minimum absolute atomic E-state index is 0.176. The Morgan fingerprint density at radius 2 is 2.00 bits per heavy atom. The molecule has 0 aromatic heterocycles. The van der Waals surface area contributed by atoms with Crippen molar-refractivity contribution in [3.05, 3.63) is 34.9 Å². The van der Waals surface area contributed by atoms with Gasteiger partial charge in [0.15, 0.2) is 5.96 Å². The number of hydrogen-bond acceptors (Lipinski definition) is 2. The number of nitrogens with zero attached hydrogens (tertiary/aromatic N) is 2. The van der Waals surface area contributed by atoms with E-state index < -0.39 is 0 Å². The molecule has 2 N–H and O–H groups in total. The average molecular weight is 325 g/mol. The highest BCUT2D eigenvalue weighted by atomic mass is 35.5. The molecule has 0 aliphatic rings. The number of aliphatic imine (C=N–C) groups is 1. The zero-order chi connectivity index (χ0) is 16.6. The Bertz CT molecular complexity index is 483. The minimum Gasteiger partial charge on any atom is -0.357 e. The van der Waals surface area contributed by atoms with Crippen molar-refractivity contribution in [3.8, 4) is 0 Å². The van der Waals surface area contributed by atoms with Crippen LogP contribution >= 0.6 is 11.6 Å². The van der Waals surface area contributed by atoms with E-state index in [1.54, 1.807) is 0 Å². The third-order valence-corrected chi connectivity index (χ3v) is 3.37. The smallest absolute Gasteiger partial charge is 0.191 e. The van der Waals surface area contributed by atoms with Crippen LogP contribution in [-0.4, -0.2) is 44.6 Å². The van der Waals surface area contributed by atoms with Crippen LogP contribution in [-0.2, 0) is 6.54 Å². The molecule has 0 fully saturated rings. The van der Waals surface area contributed by atoms with E-state index >= 15 is 0 Å². The molecule has 1 aromatic carbocycles. The first-order chi connectivity index (χ1) is 10.3. The Hall–Kier alpha value is -1.26. The second-order valence-corrected chi connectivity index (χ2v) is 7.02. The van der Waals surface area contributed by atoms with Crippen LogP contribution in [0.5, 0.6) is 0 Å². The molecule has 0 aliphatic heterocycles. The van der Waals surface area contributed by atoms with Crippen LogP contribution in [0.2, 0.25) is 5.02 Å². The molecule has 1 rings (SSSR count). The highest BCUT2D eigenvalue weighted by Crippen LogP contribution is 2.14. The Morgan fingerprint density at radius 1 is 1.27 bits per heavy atom. The summed E-state index contributed by atoms with van der Waals surface area (Å²) in [7, 11) is 4.19. The third kappa shape index (κ3) is 7.66. The van der Waals surface area contributed by atoms with E-state index in [-0.39, 0.29) is 5.41 Å². The van der Waals surface area contributed by atoms with Gasteiger partial charge in [0.05, 0.1) is 6.54 Å². The van der Waals surface area contributed by atoms with Gasteiger partial charge in [-0.25, -0.2) is 4.99 Å². The first-order valence-electron chi connectivity index (χ1n) is 7.74. The van der Waals surface area contributed by atoms with Gasteiger partial charge in [-0.05, 0) is 44.1 Å². The fourth-order valence-corrected chi connectivity index (χ4v) is 2.60. The summed E-state index contributed by atoms with van der Waals surface area (Å²) < 4.78 is 0. The molecular formula is C17H29ClN4. The molecular weight excluding hydrogens is 296 g/mol. The standard InChI is InChI=1S/C17H29ClN4/c1-6-19-16(21-12-17(2,3)13-22(4)5)20-11-14-8-7-9-15(18)10-14/h7-10H,6,11-13H2,1-5H3,(H2,19,20,21). The molecule has 5 heteroatoms. The van der Waals surface area contributed by atoms with Gasteiger partial charge < -0.3 is 15.5 Å². The second-order valence-electron chi connectivity index (χ2n) is 6.58. The predicted octanol–water partition coefficient (Wildman–Crippen LogP) is 2.98. The van der Waals surface area contributed by atoms with Crippen LogP contribution in [0.4, 0.5) is 0 Å². The molecule has 0 amide bonds. The summed E-state index contributed by atoms with van der Waals surface area (Å²) in [5.41, 5.74) is 1.28. The Morgan fingerprint density at radius 3 is 2.59 bits per heavy atom. The summed E-state index contributed by atoms with van der Waals surface area (Å²) in [6.45, 7) is 9.92. The van der Waals surface area contributed by atoms with Crippen LogP contribution in [0.1, 0.15) is 26.3 Å². The van der Waals surface area contributed by atoms with Crippen molar-refractivity contribution in [3.63, 3.8) is 0 Å². The molecule has 0 saturated carbocycles. The van der Waals surface area contributed by atoms with Gasteiger partial charge in [0.2, 0.25) is 0 Å². The molecule has 0 atom stereocenters. The molecule has 124 valence electrons. The number of rotatable bonds is 7. The summed E-state index contributed by atoms with van der Waals surface area (Å²) in [5, 5.41) is 7.46. The van der Waals surface area contributed by atoms with Crippen molar-refractivity contribution in [1.29, 1.82) is 0 Å². The quantitative estimate of drug-likeness (QED) is 0.598. The zero-order valence-electron chi connectivity index (χ0n) is 14.4. The molecule has 4 nitrogen and oxygen atoms in total. The van der Waals surface area contributed by atoms with Gasteiger partial charge >= 0.3 is 0 Å². The van der Waals surface area contributed by atoms with Gasteiger partial charge in [-0.15, -0.1) is 0 Å². The largest absolute Gasteiger partial charge is 0.357 e. The van der Waals surface area contributed by atoms with E-state index in [0.717, 1.165) is 36.2 Å². The maximum Gasteiger partial charge on any atom is 0.191 e. The molecule has 22 heavy (non-hydrogen) atoms. The fourth-order valence-electron chi connectivity index (χ4n) is 2.38. The van der Waals surface area contributed by atoms with Crippen molar-refractivity contribution in [2.24, 2.45) is 10.4 Å². The lowest BCUT2D eigenvalue weighted by Crippen LogP contribution is -2.44. The highest BCUT2D eigenvalue weighted by Gasteiger charge is 2.19. The summed E-state index contributed by atoms with van der Waals surface area (Å²) in [6, 6.07) is 7.81. The molecule has 0 radical (unpaired) electrons. The molecule has 0 aliphatic carbocycles. The highest BCUT2D eigenvalue weighted by molar-refractivity contribution is 6.30. The van der Waals surface area contributed by atoms with Crippen molar-refractivity contribution in [1.82, 2.24) is 15.5 Å². The van der Waals surface area contributed by atoms with Gasteiger partial charge in [-0.2, -0.15) is 0 Å².